The first-order valence-corrected chi connectivity index (χ1v) is 7.81. The van der Waals surface area contributed by atoms with Gasteiger partial charge in [-0.2, -0.15) is 0 Å². The molecule has 0 heterocycles. The van der Waals surface area contributed by atoms with Crippen LogP contribution in [0.25, 0.3) is 0 Å². The highest BCUT2D eigenvalue weighted by molar-refractivity contribution is 7.89. The van der Waals surface area contributed by atoms with Crippen molar-refractivity contribution in [1.82, 2.24) is 10.6 Å². The van der Waals surface area contributed by atoms with E-state index in [2.05, 4.69) is 31.4 Å². The first-order valence-electron chi connectivity index (χ1n) is 6.26. The second kappa shape index (κ2) is 6.47. The Morgan fingerprint density at radius 2 is 1.68 bits per heavy atom. The number of hydrogen-bond acceptors (Lipinski definition) is 4. The lowest BCUT2D eigenvalue weighted by Gasteiger charge is -2.20. The van der Waals surface area contributed by atoms with Gasteiger partial charge in [0.1, 0.15) is 0 Å². The first-order chi connectivity index (χ1) is 8.68. The van der Waals surface area contributed by atoms with Crippen LogP contribution < -0.4 is 15.8 Å². The molecular weight excluding hydrogens is 262 g/mol. The van der Waals surface area contributed by atoms with Crippen LogP contribution >= 0.6 is 0 Å². The van der Waals surface area contributed by atoms with E-state index in [0.29, 0.717) is 6.54 Å². The van der Waals surface area contributed by atoms with Crippen molar-refractivity contribution in [3.8, 4) is 0 Å². The number of nitrogens with two attached hydrogens (primary N) is 1. The molecule has 0 aliphatic carbocycles. The topological polar surface area (TPSA) is 84.2 Å². The molecule has 6 heteroatoms. The minimum absolute atomic E-state index is 0.124. The minimum atomic E-state index is -3.60. The van der Waals surface area contributed by atoms with Crippen LogP contribution in [0.15, 0.2) is 29.2 Å². The third kappa shape index (κ3) is 6.68. The second-order valence-electron chi connectivity index (χ2n) is 5.54. The summed E-state index contributed by atoms with van der Waals surface area (Å²) >= 11 is 0. The van der Waals surface area contributed by atoms with Crippen LogP contribution in [-0.4, -0.2) is 27.0 Å². The molecule has 0 bridgehead atoms. The van der Waals surface area contributed by atoms with Gasteiger partial charge in [-0.25, -0.2) is 13.6 Å². The van der Waals surface area contributed by atoms with Crippen LogP contribution in [0.3, 0.4) is 0 Å². The van der Waals surface area contributed by atoms with Gasteiger partial charge in [0, 0.05) is 25.2 Å². The highest BCUT2D eigenvalue weighted by Gasteiger charge is 2.08. The maximum Gasteiger partial charge on any atom is 0.238 e. The summed E-state index contributed by atoms with van der Waals surface area (Å²) in [6, 6.07) is 6.59. The fourth-order valence-corrected chi connectivity index (χ4v) is 2.07. The van der Waals surface area contributed by atoms with Crippen molar-refractivity contribution >= 4 is 10.0 Å². The van der Waals surface area contributed by atoms with Crippen LogP contribution in [0.2, 0.25) is 0 Å². The van der Waals surface area contributed by atoms with Crippen LogP contribution in [0, 0.1) is 0 Å². The van der Waals surface area contributed by atoms with Gasteiger partial charge in [-0.1, -0.05) is 12.1 Å². The summed E-state index contributed by atoms with van der Waals surface area (Å²) in [5.74, 6) is 0. The molecule has 19 heavy (non-hydrogen) atoms. The van der Waals surface area contributed by atoms with Crippen molar-refractivity contribution in [2.45, 2.75) is 37.8 Å². The standard InChI is InChI=1S/C13H23N3O2S/c1-13(2,3)16-9-8-15-10-11-4-6-12(7-5-11)19(14,17)18/h4-7,15-16H,8-10H2,1-3H3,(H2,14,17,18). The lowest BCUT2D eigenvalue weighted by Crippen LogP contribution is -2.40. The Kier molecular flexibility index (Phi) is 5.49. The Balaban J connectivity index is 2.35. The predicted octanol–water partition coefficient (Wildman–Crippen LogP) is 0.812. The normalized spacial score (nSPS) is 12.6. The van der Waals surface area contributed by atoms with E-state index in [9.17, 15) is 8.42 Å². The van der Waals surface area contributed by atoms with Crippen LogP contribution in [0.4, 0.5) is 0 Å². The Morgan fingerprint density at radius 1 is 1.11 bits per heavy atom. The molecule has 0 atom stereocenters. The summed E-state index contributed by atoms with van der Waals surface area (Å²) < 4.78 is 22.2. The van der Waals surface area contributed by atoms with E-state index in [4.69, 9.17) is 5.14 Å². The number of nitrogens with one attached hydrogen (secondary N) is 2. The highest BCUT2D eigenvalue weighted by Crippen LogP contribution is 2.08. The third-order valence-electron chi connectivity index (χ3n) is 2.54. The van der Waals surface area contributed by atoms with Crippen molar-refractivity contribution in [3.63, 3.8) is 0 Å². The van der Waals surface area contributed by atoms with E-state index >= 15 is 0 Å². The molecule has 0 fully saturated rings. The molecule has 0 radical (unpaired) electrons. The lowest BCUT2D eigenvalue weighted by molar-refractivity contribution is 0.421. The maximum absolute atomic E-state index is 11.1. The van der Waals surface area contributed by atoms with Crippen molar-refractivity contribution in [2.75, 3.05) is 13.1 Å². The quantitative estimate of drug-likeness (QED) is 0.675. The Morgan fingerprint density at radius 3 is 2.16 bits per heavy atom. The van der Waals surface area contributed by atoms with Crippen molar-refractivity contribution in [2.24, 2.45) is 5.14 Å². The van der Waals surface area contributed by atoms with Gasteiger partial charge < -0.3 is 10.6 Å². The zero-order valence-electron chi connectivity index (χ0n) is 11.7. The van der Waals surface area contributed by atoms with E-state index in [0.717, 1.165) is 18.7 Å². The zero-order valence-corrected chi connectivity index (χ0v) is 12.5. The van der Waals surface area contributed by atoms with Crippen LogP contribution in [0.1, 0.15) is 26.3 Å². The van der Waals surface area contributed by atoms with Crippen LogP contribution in [0.5, 0.6) is 0 Å². The van der Waals surface area contributed by atoms with Crippen LogP contribution in [-0.2, 0) is 16.6 Å². The maximum atomic E-state index is 11.1. The van der Waals surface area contributed by atoms with Gasteiger partial charge in [0.05, 0.1) is 4.90 Å². The fourth-order valence-electron chi connectivity index (χ4n) is 1.56. The van der Waals surface area contributed by atoms with Gasteiger partial charge in [-0.05, 0) is 38.5 Å². The number of rotatable bonds is 6. The van der Waals surface area contributed by atoms with Crippen molar-refractivity contribution in [3.05, 3.63) is 29.8 Å². The molecule has 1 rings (SSSR count). The predicted molar refractivity (Wildman–Crippen MR) is 77.3 cm³/mol. The molecule has 0 unspecified atom stereocenters. The summed E-state index contributed by atoms with van der Waals surface area (Å²) in [6.45, 7) is 8.82. The summed E-state index contributed by atoms with van der Waals surface area (Å²) in [7, 11) is -3.60. The average Bonchev–Trinajstić information content (AvgIpc) is 2.26. The SMILES string of the molecule is CC(C)(C)NCCNCc1ccc(S(N)(=O)=O)cc1. The Hall–Kier alpha value is -0.950. The minimum Gasteiger partial charge on any atom is -0.311 e. The van der Waals surface area contributed by atoms with Gasteiger partial charge in [-0.15, -0.1) is 0 Å². The molecule has 4 N–H and O–H groups in total. The zero-order chi connectivity index (χ0) is 14.5. The van der Waals surface area contributed by atoms with Crippen molar-refractivity contribution < 1.29 is 8.42 Å². The Bertz CT molecular complexity index is 490. The van der Waals surface area contributed by atoms with E-state index < -0.39 is 10.0 Å². The molecular formula is C13H23N3O2S. The summed E-state index contributed by atoms with van der Waals surface area (Å²) in [4.78, 5) is 0.144. The van der Waals surface area contributed by atoms with E-state index in [-0.39, 0.29) is 10.4 Å². The molecule has 0 aromatic heterocycles. The number of hydrogen-bond donors (Lipinski definition) is 3. The monoisotopic (exact) mass is 285 g/mol. The summed E-state index contributed by atoms with van der Waals surface area (Å²) in [5, 5.41) is 11.7. The average molecular weight is 285 g/mol. The lowest BCUT2D eigenvalue weighted by atomic mass is 10.1. The smallest absolute Gasteiger partial charge is 0.238 e. The summed E-state index contributed by atoms with van der Waals surface area (Å²) in [5.41, 5.74) is 1.15. The number of sulfonamides is 1. The molecule has 0 aliphatic heterocycles. The van der Waals surface area contributed by atoms with Gasteiger partial charge in [-0.3, -0.25) is 0 Å². The molecule has 1 aromatic rings. The second-order valence-corrected chi connectivity index (χ2v) is 7.10. The molecule has 0 aliphatic rings. The highest BCUT2D eigenvalue weighted by atomic mass is 32.2. The van der Waals surface area contributed by atoms with E-state index in [1.54, 1.807) is 12.1 Å². The first kappa shape index (κ1) is 16.1. The molecule has 1 aromatic carbocycles. The number of benzene rings is 1. The third-order valence-corrected chi connectivity index (χ3v) is 3.47. The molecule has 5 nitrogen and oxygen atoms in total. The van der Waals surface area contributed by atoms with Gasteiger partial charge in [0.25, 0.3) is 0 Å². The summed E-state index contributed by atoms with van der Waals surface area (Å²) in [6.07, 6.45) is 0. The molecule has 0 amide bonds. The van der Waals surface area contributed by atoms with E-state index in [1.165, 1.54) is 12.1 Å². The fraction of sp³-hybridized carbons (Fsp3) is 0.538. The molecule has 108 valence electrons. The molecule has 0 spiro atoms. The number of primary sulfonamides is 1. The molecule has 0 saturated carbocycles. The van der Waals surface area contributed by atoms with Crippen molar-refractivity contribution in [1.29, 1.82) is 0 Å². The van der Waals surface area contributed by atoms with Gasteiger partial charge >= 0.3 is 0 Å². The molecule has 0 saturated heterocycles. The van der Waals surface area contributed by atoms with Gasteiger partial charge in [0.15, 0.2) is 0 Å². The largest absolute Gasteiger partial charge is 0.311 e. The Labute approximate surface area is 115 Å². The van der Waals surface area contributed by atoms with Gasteiger partial charge in [0.2, 0.25) is 10.0 Å². The van der Waals surface area contributed by atoms with E-state index in [1.807, 2.05) is 0 Å².